The van der Waals surface area contributed by atoms with Crippen LogP contribution >= 0.6 is 0 Å². The average Bonchev–Trinajstić information content (AvgIpc) is 3.50. The number of imidazole rings is 1. The van der Waals surface area contributed by atoms with Gasteiger partial charge in [0.1, 0.15) is 11.9 Å². The SMILES string of the molecule is CC(O)C(=O)Nc1cnc(-n2c(=O)n(C)c3cnc4cnc(-c5cnc6[nH]ncc6c5)cc4c32)cc1C(F)(F)F. The molecule has 0 aromatic carbocycles. The molecule has 3 N–H and O–H groups in total. The van der Waals surface area contributed by atoms with Crippen molar-refractivity contribution in [3.63, 3.8) is 0 Å². The number of nitrogens with one attached hydrogen (secondary N) is 2. The summed E-state index contributed by atoms with van der Waals surface area (Å²) in [5.41, 5.74) is 0.167. The first-order chi connectivity index (χ1) is 19.0. The Balaban J connectivity index is 1.59. The Morgan fingerprint density at radius 3 is 2.60 bits per heavy atom. The number of nitrogens with zero attached hydrogens (tertiary/aromatic N) is 7. The topological polar surface area (TPSA) is 156 Å². The van der Waals surface area contributed by atoms with E-state index < -0.39 is 35.1 Å². The van der Waals surface area contributed by atoms with Gasteiger partial charge in [-0.25, -0.2) is 19.3 Å². The second kappa shape index (κ2) is 8.94. The van der Waals surface area contributed by atoms with Crippen LogP contribution in [0.1, 0.15) is 12.5 Å². The molecular weight excluding hydrogens is 531 g/mol. The molecule has 6 rings (SSSR count). The molecule has 6 aromatic rings. The zero-order chi connectivity index (χ0) is 28.3. The lowest BCUT2D eigenvalue weighted by molar-refractivity contribution is -0.137. The Kier molecular flexibility index (Phi) is 5.62. The van der Waals surface area contributed by atoms with Crippen molar-refractivity contribution in [2.45, 2.75) is 19.2 Å². The normalized spacial score (nSPS) is 12.8. The standard InChI is InChI=1S/C25H18F3N9O3/c1-11(38)23(39)34-18-9-31-20(5-15(18)25(26,27)28)37-21-14-4-16(12-3-13-7-33-35-22(13)32-6-12)29-8-17(14)30-10-19(21)36(2)24(37)40/h3-11,38H,1-2H3,(H,34,39)(H,32,33,35). The van der Waals surface area contributed by atoms with E-state index in [1.54, 1.807) is 18.5 Å². The zero-order valence-electron chi connectivity index (χ0n) is 20.7. The van der Waals surface area contributed by atoms with Crippen molar-refractivity contribution in [1.82, 2.24) is 39.3 Å². The summed E-state index contributed by atoms with van der Waals surface area (Å²) in [7, 11) is 1.47. The van der Waals surface area contributed by atoms with Gasteiger partial charge in [0.15, 0.2) is 5.65 Å². The number of pyridine rings is 4. The maximum Gasteiger partial charge on any atom is 0.418 e. The van der Waals surface area contributed by atoms with Gasteiger partial charge < -0.3 is 10.4 Å². The Labute approximate surface area is 221 Å². The number of H-pyrrole nitrogens is 1. The molecule has 0 aliphatic rings. The maximum absolute atomic E-state index is 14.0. The number of hydrogen-bond acceptors (Lipinski definition) is 8. The van der Waals surface area contributed by atoms with Crippen molar-refractivity contribution in [3.05, 3.63) is 65.2 Å². The van der Waals surface area contributed by atoms with E-state index in [1.807, 2.05) is 11.4 Å². The molecule has 0 saturated carbocycles. The zero-order valence-corrected chi connectivity index (χ0v) is 20.7. The first-order valence-electron chi connectivity index (χ1n) is 11.7. The van der Waals surface area contributed by atoms with E-state index in [0.717, 1.165) is 23.1 Å². The van der Waals surface area contributed by atoms with Crippen LogP contribution in [0.3, 0.4) is 0 Å². The average molecular weight is 549 g/mol. The minimum Gasteiger partial charge on any atom is -0.384 e. The fourth-order valence-corrected chi connectivity index (χ4v) is 4.38. The summed E-state index contributed by atoms with van der Waals surface area (Å²) in [5.74, 6) is -1.37. The first kappa shape index (κ1) is 25.1. The van der Waals surface area contributed by atoms with Crippen molar-refractivity contribution >= 4 is 44.6 Å². The molecule has 15 heteroatoms. The highest BCUT2D eigenvalue weighted by molar-refractivity contribution is 6.04. The summed E-state index contributed by atoms with van der Waals surface area (Å²) in [5, 5.41) is 19.4. The van der Waals surface area contributed by atoms with E-state index in [-0.39, 0.29) is 11.3 Å². The number of anilines is 1. The van der Waals surface area contributed by atoms with Crippen LogP contribution in [0.25, 0.3) is 50.0 Å². The Morgan fingerprint density at radius 2 is 1.85 bits per heavy atom. The van der Waals surface area contributed by atoms with Crippen LogP contribution in [0.2, 0.25) is 0 Å². The smallest absolute Gasteiger partial charge is 0.384 e. The number of hydrogen-bond donors (Lipinski definition) is 3. The van der Waals surface area contributed by atoms with Crippen molar-refractivity contribution in [3.8, 4) is 17.1 Å². The molecule has 1 amide bonds. The van der Waals surface area contributed by atoms with Gasteiger partial charge in [-0.1, -0.05) is 0 Å². The number of aliphatic hydroxyl groups excluding tert-OH is 1. The summed E-state index contributed by atoms with van der Waals surface area (Å²) in [4.78, 5) is 42.5. The number of alkyl halides is 3. The minimum absolute atomic E-state index is 0.264. The minimum atomic E-state index is -4.91. The number of halogens is 3. The lowest BCUT2D eigenvalue weighted by Gasteiger charge is -2.16. The molecule has 0 saturated heterocycles. The van der Waals surface area contributed by atoms with Gasteiger partial charge in [-0.2, -0.15) is 18.3 Å². The molecule has 6 heterocycles. The van der Waals surface area contributed by atoms with Gasteiger partial charge in [-0.15, -0.1) is 0 Å². The van der Waals surface area contributed by atoms with Crippen molar-refractivity contribution in [2.24, 2.45) is 7.05 Å². The number of aromatic amines is 1. The third-order valence-corrected chi connectivity index (χ3v) is 6.42. The van der Waals surface area contributed by atoms with E-state index in [4.69, 9.17) is 0 Å². The monoisotopic (exact) mass is 549 g/mol. The van der Waals surface area contributed by atoms with Crippen LogP contribution in [-0.2, 0) is 18.0 Å². The number of carbonyl (C=O) groups is 1. The highest BCUT2D eigenvalue weighted by Gasteiger charge is 2.35. The molecule has 0 fully saturated rings. The van der Waals surface area contributed by atoms with Gasteiger partial charge in [0.05, 0.1) is 58.3 Å². The lowest BCUT2D eigenvalue weighted by Crippen LogP contribution is -2.27. The van der Waals surface area contributed by atoms with Crippen LogP contribution in [0.15, 0.2) is 54.0 Å². The molecule has 6 aromatic heterocycles. The summed E-state index contributed by atoms with van der Waals surface area (Å²) < 4.78 is 44.4. The highest BCUT2D eigenvalue weighted by atomic mass is 19.4. The fourth-order valence-electron chi connectivity index (χ4n) is 4.38. The van der Waals surface area contributed by atoms with E-state index in [2.05, 4.69) is 30.1 Å². The summed E-state index contributed by atoms with van der Waals surface area (Å²) in [6.07, 6.45) is 0.467. The van der Waals surface area contributed by atoms with Crippen LogP contribution < -0.4 is 11.0 Å². The fraction of sp³-hybridized carbons (Fsp3) is 0.160. The summed E-state index contributed by atoms with van der Waals surface area (Å²) >= 11 is 0. The number of fused-ring (bicyclic) bond motifs is 4. The van der Waals surface area contributed by atoms with Gasteiger partial charge >= 0.3 is 11.9 Å². The Morgan fingerprint density at radius 1 is 1.05 bits per heavy atom. The Hall–Kier alpha value is -5.18. The first-order valence-corrected chi connectivity index (χ1v) is 11.7. The number of carbonyl (C=O) groups excluding carboxylic acids is 1. The third kappa shape index (κ3) is 4.03. The molecule has 0 aliphatic heterocycles. The van der Waals surface area contributed by atoms with Crippen molar-refractivity contribution < 1.29 is 23.1 Å². The second-order valence-electron chi connectivity index (χ2n) is 9.04. The molecule has 0 radical (unpaired) electrons. The van der Waals surface area contributed by atoms with Crippen LogP contribution in [0, 0.1) is 0 Å². The van der Waals surface area contributed by atoms with Gasteiger partial charge in [0.25, 0.3) is 5.91 Å². The predicted octanol–water partition coefficient (Wildman–Crippen LogP) is 2.94. The second-order valence-corrected chi connectivity index (χ2v) is 9.04. The van der Waals surface area contributed by atoms with Crippen molar-refractivity contribution in [1.29, 1.82) is 0 Å². The van der Waals surface area contributed by atoms with Crippen LogP contribution in [0.4, 0.5) is 18.9 Å². The maximum atomic E-state index is 14.0. The molecule has 0 spiro atoms. The molecule has 1 unspecified atom stereocenters. The molecule has 12 nitrogen and oxygen atoms in total. The Bertz CT molecular complexity index is 2030. The quantitative estimate of drug-likeness (QED) is 0.303. The number of aliphatic hydroxyl groups is 1. The van der Waals surface area contributed by atoms with Gasteiger partial charge in [-0.3, -0.25) is 24.4 Å². The summed E-state index contributed by atoms with van der Waals surface area (Å²) in [6, 6.07) is 4.16. The summed E-state index contributed by atoms with van der Waals surface area (Å²) in [6.45, 7) is 1.12. The number of rotatable bonds is 4. The van der Waals surface area contributed by atoms with E-state index in [0.29, 0.717) is 39.4 Å². The van der Waals surface area contributed by atoms with Crippen LogP contribution in [0.5, 0.6) is 0 Å². The number of amides is 1. The number of aryl methyl sites for hydroxylation is 1. The van der Waals surface area contributed by atoms with E-state index in [9.17, 15) is 27.9 Å². The van der Waals surface area contributed by atoms with Gasteiger partial charge in [0.2, 0.25) is 0 Å². The molecule has 202 valence electrons. The largest absolute Gasteiger partial charge is 0.418 e. The molecule has 0 bridgehead atoms. The van der Waals surface area contributed by atoms with Crippen molar-refractivity contribution in [2.75, 3.05) is 5.32 Å². The number of aromatic nitrogens is 8. The molecule has 40 heavy (non-hydrogen) atoms. The van der Waals surface area contributed by atoms with E-state index in [1.165, 1.54) is 24.0 Å². The van der Waals surface area contributed by atoms with Crippen LogP contribution in [-0.4, -0.2) is 56.4 Å². The highest BCUT2D eigenvalue weighted by Crippen LogP contribution is 2.36. The molecule has 0 aliphatic carbocycles. The predicted molar refractivity (Wildman–Crippen MR) is 138 cm³/mol. The molecular formula is C25H18F3N9O3. The van der Waals surface area contributed by atoms with E-state index >= 15 is 0 Å². The third-order valence-electron chi connectivity index (χ3n) is 6.42. The molecule has 1 atom stereocenters. The lowest BCUT2D eigenvalue weighted by atomic mass is 10.1. The van der Waals surface area contributed by atoms with Gasteiger partial charge in [-0.05, 0) is 25.1 Å². The van der Waals surface area contributed by atoms with Gasteiger partial charge in [0, 0.05) is 29.6 Å².